The predicted molar refractivity (Wildman–Crippen MR) is 68.6 cm³/mol. The minimum atomic E-state index is -0.641. The van der Waals surface area contributed by atoms with E-state index in [0.717, 1.165) is 0 Å². The standard InChI is InChI=1S/C13H13NO5/c1-3-4-5-6-19-13-8-11(14(16)17)10(9-15)7-12(13)18-2/h1,7-9H,4-6H2,2H3. The molecule has 0 N–H and O–H groups in total. The van der Waals surface area contributed by atoms with Gasteiger partial charge in [0.15, 0.2) is 17.8 Å². The summed E-state index contributed by atoms with van der Waals surface area (Å²) >= 11 is 0. The van der Waals surface area contributed by atoms with Gasteiger partial charge >= 0.3 is 0 Å². The highest BCUT2D eigenvalue weighted by atomic mass is 16.6. The highest BCUT2D eigenvalue weighted by Crippen LogP contribution is 2.34. The summed E-state index contributed by atoms with van der Waals surface area (Å²) in [6.45, 7) is 0.318. The van der Waals surface area contributed by atoms with Gasteiger partial charge in [-0.25, -0.2) is 0 Å². The zero-order valence-corrected chi connectivity index (χ0v) is 10.4. The molecule has 0 unspecified atom stereocenters. The molecule has 6 nitrogen and oxygen atoms in total. The van der Waals surface area contributed by atoms with E-state index in [1.54, 1.807) is 0 Å². The lowest BCUT2D eigenvalue weighted by atomic mass is 10.1. The van der Waals surface area contributed by atoms with E-state index in [-0.39, 0.29) is 22.7 Å². The lowest BCUT2D eigenvalue weighted by Crippen LogP contribution is -2.02. The summed E-state index contributed by atoms with van der Waals surface area (Å²) in [7, 11) is 1.39. The molecule has 6 heteroatoms. The Hall–Kier alpha value is -2.55. The highest BCUT2D eigenvalue weighted by Gasteiger charge is 2.19. The number of carbonyl (C=O) groups is 1. The number of benzene rings is 1. The first kappa shape index (κ1) is 14.5. The van der Waals surface area contributed by atoms with E-state index >= 15 is 0 Å². The van der Waals surface area contributed by atoms with Gasteiger partial charge in [-0.15, -0.1) is 12.3 Å². The molecular weight excluding hydrogens is 250 g/mol. The van der Waals surface area contributed by atoms with E-state index in [1.807, 2.05) is 0 Å². The van der Waals surface area contributed by atoms with Gasteiger partial charge in [0.25, 0.3) is 5.69 Å². The minimum absolute atomic E-state index is 0.0576. The Morgan fingerprint density at radius 2 is 2.21 bits per heavy atom. The van der Waals surface area contributed by atoms with Gasteiger partial charge in [-0.3, -0.25) is 14.9 Å². The molecule has 0 atom stereocenters. The number of unbranched alkanes of at least 4 members (excludes halogenated alkanes) is 1. The summed E-state index contributed by atoms with van der Waals surface area (Å²) < 4.78 is 10.4. The number of aldehydes is 1. The predicted octanol–water partition coefficient (Wildman–Crippen LogP) is 2.21. The number of carbonyl (C=O) groups excluding carboxylic acids is 1. The number of hydrogen-bond acceptors (Lipinski definition) is 5. The number of hydrogen-bond donors (Lipinski definition) is 0. The average molecular weight is 263 g/mol. The van der Waals surface area contributed by atoms with Crippen LogP contribution >= 0.6 is 0 Å². The first-order valence-electron chi connectivity index (χ1n) is 5.52. The first-order valence-corrected chi connectivity index (χ1v) is 5.52. The van der Waals surface area contributed by atoms with E-state index in [9.17, 15) is 14.9 Å². The Balaban J connectivity index is 3.01. The van der Waals surface area contributed by atoms with Crippen LogP contribution in [0.5, 0.6) is 11.5 Å². The van der Waals surface area contributed by atoms with Gasteiger partial charge in [-0.1, -0.05) is 0 Å². The SMILES string of the molecule is C#CCCCOc1cc([N+](=O)[O-])c(C=O)cc1OC. The molecule has 0 amide bonds. The molecule has 0 aromatic heterocycles. The van der Waals surface area contributed by atoms with Gasteiger partial charge in [0.2, 0.25) is 0 Å². The summed E-state index contributed by atoms with van der Waals surface area (Å²) in [6, 6.07) is 2.46. The third kappa shape index (κ3) is 3.71. The molecular formula is C13H13NO5. The Morgan fingerprint density at radius 3 is 2.74 bits per heavy atom. The van der Waals surface area contributed by atoms with E-state index in [1.165, 1.54) is 19.2 Å². The molecule has 0 aliphatic carbocycles. The van der Waals surface area contributed by atoms with Crippen molar-refractivity contribution in [2.75, 3.05) is 13.7 Å². The summed E-state index contributed by atoms with van der Waals surface area (Å²) in [5, 5.41) is 10.8. The largest absolute Gasteiger partial charge is 0.493 e. The zero-order chi connectivity index (χ0) is 14.3. The van der Waals surface area contributed by atoms with Crippen LogP contribution in [0, 0.1) is 22.5 Å². The van der Waals surface area contributed by atoms with Crippen LogP contribution in [0.15, 0.2) is 12.1 Å². The second-order valence-corrected chi connectivity index (χ2v) is 3.59. The Labute approximate surface area is 110 Å². The van der Waals surface area contributed by atoms with Gasteiger partial charge in [0.1, 0.15) is 0 Å². The molecule has 0 saturated heterocycles. The average Bonchev–Trinajstić information content (AvgIpc) is 2.42. The lowest BCUT2D eigenvalue weighted by molar-refractivity contribution is -0.385. The van der Waals surface area contributed by atoms with Crippen molar-refractivity contribution in [1.82, 2.24) is 0 Å². The monoisotopic (exact) mass is 263 g/mol. The topological polar surface area (TPSA) is 78.7 Å². The van der Waals surface area contributed by atoms with Crippen LogP contribution in [0.25, 0.3) is 0 Å². The van der Waals surface area contributed by atoms with Crippen molar-refractivity contribution < 1.29 is 19.2 Å². The van der Waals surface area contributed by atoms with E-state index in [4.69, 9.17) is 15.9 Å². The molecule has 0 saturated carbocycles. The van der Waals surface area contributed by atoms with Crippen LogP contribution in [0.3, 0.4) is 0 Å². The summed E-state index contributed by atoms with van der Waals surface area (Å²) in [5.74, 6) is 2.96. The third-order valence-corrected chi connectivity index (χ3v) is 2.36. The van der Waals surface area contributed by atoms with Crippen LogP contribution < -0.4 is 9.47 Å². The summed E-state index contributed by atoms with van der Waals surface area (Å²) in [4.78, 5) is 21.0. The van der Waals surface area contributed by atoms with Crippen LogP contribution in [0.2, 0.25) is 0 Å². The lowest BCUT2D eigenvalue weighted by Gasteiger charge is -2.10. The molecule has 0 heterocycles. The van der Waals surface area contributed by atoms with Crippen molar-refractivity contribution in [3.63, 3.8) is 0 Å². The number of ether oxygens (including phenoxy) is 2. The Kier molecular flexibility index (Phi) is 5.35. The van der Waals surface area contributed by atoms with Gasteiger partial charge in [0.05, 0.1) is 30.3 Å². The second-order valence-electron chi connectivity index (χ2n) is 3.59. The van der Waals surface area contributed by atoms with Crippen LogP contribution in [-0.2, 0) is 0 Å². The number of nitro groups is 1. The Bertz CT molecular complexity index is 519. The fourth-order valence-electron chi connectivity index (χ4n) is 1.45. The smallest absolute Gasteiger partial charge is 0.283 e. The molecule has 0 aliphatic heterocycles. The fraction of sp³-hybridized carbons (Fsp3) is 0.308. The van der Waals surface area contributed by atoms with Crippen molar-refractivity contribution in [2.45, 2.75) is 12.8 Å². The summed E-state index contributed by atoms with van der Waals surface area (Å²) in [5.41, 5.74) is -0.374. The van der Waals surface area contributed by atoms with E-state index in [0.29, 0.717) is 25.7 Å². The van der Waals surface area contributed by atoms with Gasteiger partial charge in [-0.05, 0) is 6.42 Å². The Morgan fingerprint density at radius 1 is 1.47 bits per heavy atom. The van der Waals surface area contributed by atoms with Gasteiger partial charge in [0, 0.05) is 12.5 Å². The maximum Gasteiger partial charge on any atom is 0.283 e. The number of rotatable bonds is 7. The highest BCUT2D eigenvalue weighted by molar-refractivity contribution is 5.83. The summed E-state index contributed by atoms with van der Waals surface area (Å²) in [6.07, 6.45) is 6.69. The van der Waals surface area contributed by atoms with Crippen molar-refractivity contribution in [3.05, 3.63) is 27.8 Å². The fourth-order valence-corrected chi connectivity index (χ4v) is 1.45. The van der Waals surface area contributed by atoms with E-state index in [2.05, 4.69) is 5.92 Å². The van der Waals surface area contributed by atoms with Gasteiger partial charge < -0.3 is 9.47 Å². The molecule has 0 radical (unpaired) electrons. The maximum absolute atomic E-state index is 10.8. The van der Waals surface area contributed by atoms with Gasteiger partial charge in [-0.2, -0.15) is 0 Å². The number of nitrogens with zero attached hydrogens (tertiary/aromatic N) is 1. The second kappa shape index (κ2) is 7.01. The first-order chi connectivity index (χ1) is 9.13. The molecule has 19 heavy (non-hydrogen) atoms. The molecule has 0 spiro atoms. The van der Waals surface area contributed by atoms with Crippen LogP contribution in [0.1, 0.15) is 23.2 Å². The quantitative estimate of drug-likeness (QED) is 0.248. The molecule has 0 bridgehead atoms. The molecule has 1 aromatic rings. The molecule has 1 rings (SSSR count). The molecule has 100 valence electrons. The van der Waals surface area contributed by atoms with Crippen LogP contribution in [0.4, 0.5) is 5.69 Å². The number of methoxy groups -OCH3 is 1. The number of nitro benzene ring substituents is 1. The van der Waals surface area contributed by atoms with E-state index < -0.39 is 4.92 Å². The maximum atomic E-state index is 10.8. The van der Waals surface area contributed by atoms with Crippen molar-refractivity contribution in [2.24, 2.45) is 0 Å². The number of terminal acetylenes is 1. The minimum Gasteiger partial charge on any atom is -0.493 e. The van der Waals surface area contributed by atoms with Crippen molar-refractivity contribution >= 4 is 12.0 Å². The van der Waals surface area contributed by atoms with Crippen LogP contribution in [-0.4, -0.2) is 24.9 Å². The van der Waals surface area contributed by atoms with Crippen molar-refractivity contribution in [3.8, 4) is 23.8 Å². The molecule has 0 aliphatic rings. The molecule has 1 aromatic carbocycles. The van der Waals surface area contributed by atoms with Crippen molar-refractivity contribution in [1.29, 1.82) is 0 Å². The molecule has 0 fully saturated rings. The third-order valence-electron chi connectivity index (χ3n) is 2.36. The zero-order valence-electron chi connectivity index (χ0n) is 10.4. The normalized spacial score (nSPS) is 9.47.